The van der Waals surface area contributed by atoms with Gasteiger partial charge in [-0.05, 0) is 37.8 Å². The lowest BCUT2D eigenvalue weighted by molar-refractivity contribution is 0.283. The number of rotatable bonds is 6. The molecule has 0 aliphatic carbocycles. The standard InChI is InChI=1S/C12H17F2NO/c1-9-5-6-10(13)12(11(9)14)15-7-3-2-4-8-16/h5-6,15-16H,2-4,7-8H2,1H3. The molecule has 16 heavy (non-hydrogen) atoms. The van der Waals surface area contributed by atoms with Crippen LogP contribution in [-0.4, -0.2) is 18.3 Å². The molecule has 0 fully saturated rings. The molecule has 2 N–H and O–H groups in total. The minimum atomic E-state index is -0.565. The van der Waals surface area contributed by atoms with Crippen LogP contribution >= 0.6 is 0 Å². The van der Waals surface area contributed by atoms with Crippen LogP contribution in [-0.2, 0) is 0 Å². The summed E-state index contributed by atoms with van der Waals surface area (Å²) in [7, 11) is 0. The number of hydrogen-bond acceptors (Lipinski definition) is 2. The van der Waals surface area contributed by atoms with Gasteiger partial charge in [0.25, 0.3) is 0 Å². The monoisotopic (exact) mass is 229 g/mol. The maximum atomic E-state index is 13.5. The first-order valence-corrected chi connectivity index (χ1v) is 5.46. The highest BCUT2D eigenvalue weighted by Gasteiger charge is 2.10. The molecular formula is C12H17F2NO. The Morgan fingerprint density at radius 1 is 1.19 bits per heavy atom. The molecule has 0 spiro atoms. The predicted molar refractivity (Wildman–Crippen MR) is 60.5 cm³/mol. The molecule has 0 saturated carbocycles. The Morgan fingerprint density at radius 3 is 2.62 bits per heavy atom. The van der Waals surface area contributed by atoms with E-state index in [0.717, 1.165) is 19.3 Å². The summed E-state index contributed by atoms with van der Waals surface area (Å²) in [6.07, 6.45) is 2.35. The third kappa shape index (κ3) is 3.45. The summed E-state index contributed by atoms with van der Waals surface area (Å²) in [6.45, 7) is 2.27. The number of benzene rings is 1. The molecular weight excluding hydrogens is 212 g/mol. The number of aliphatic hydroxyl groups excluding tert-OH is 1. The van der Waals surface area contributed by atoms with Crippen LogP contribution < -0.4 is 5.32 Å². The second kappa shape index (κ2) is 6.43. The van der Waals surface area contributed by atoms with Crippen LogP contribution in [0, 0.1) is 18.6 Å². The largest absolute Gasteiger partial charge is 0.396 e. The number of nitrogens with one attached hydrogen (secondary N) is 1. The van der Waals surface area contributed by atoms with Crippen molar-refractivity contribution in [2.45, 2.75) is 26.2 Å². The van der Waals surface area contributed by atoms with Crippen molar-refractivity contribution < 1.29 is 13.9 Å². The molecule has 0 aliphatic rings. The first-order valence-electron chi connectivity index (χ1n) is 5.46. The Hall–Kier alpha value is -1.16. The van der Waals surface area contributed by atoms with Gasteiger partial charge in [-0.1, -0.05) is 6.07 Å². The molecule has 1 rings (SSSR count). The van der Waals surface area contributed by atoms with E-state index >= 15 is 0 Å². The predicted octanol–water partition coefficient (Wildman–Crippen LogP) is 2.85. The van der Waals surface area contributed by atoms with Crippen molar-refractivity contribution in [3.63, 3.8) is 0 Å². The van der Waals surface area contributed by atoms with Gasteiger partial charge in [0.05, 0.1) is 0 Å². The van der Waals surface area contributed by atoms with Crippen molar-refractivity contribution in [3.05, 3.63) is 29.3 Å². The third-order valence-corrected chi connectivity index (χ3v) is 2.42. The van der Waals surface area contributed by atoms with E-state index in [9.17, 15) is 8.78 Å². The van der Waals surface area contributed by atoms with Crippen molar-refractivity contribution in [1.29, 1.82) is 0 Å². The summed E-state index contributed by atoms with van der Waals surface area (Å²) < 4.78 is 26.8. The van der Waals surface area contributed by atoms with Crippen molar-refractivity contribution >= 4 is 5.69 Å². The van der Waals surface area contributed by atoms with Crippen LogP contribution in [0.3, 0.4) is 0 Å². The molecule has 0 aromatic heterocycles. The second-order valence-corrected chi connectivity index (χ2v) is 3.76. The molecule has 0 saturated heterocycles. The van der Waals surface area contributed by atoms with Crippen molar-refractivity contribution in [2.24, 2.45) is 0 Å². The van der Waals surface area contributed by atoms with E-state index < -0.39 is 11.6 Å². The first-order chi connectivity index (χ1) is 7.66. The van der Waals surface area contributed by atoms with Gasteiger partial charge in [0.15, 0.2) is 5.82 Å². The van der Waals surface area contributed by atoms with Gasteiger partial charge in [0, 0.05) is 13.2 Å². The second-order valence-electron chi connectivity index (χ2n) is 3.76. The van der Waals surface area contributed by atoms with Gasteiger partial charge < -0.3 is 10.4 Å². The van der Waals surface area contributed by atoms with E-state index in [-0.39, 0.29) is 12.3 Å². The maximum absolute atomic E-state index is 13.5. The molecule has 1 aromatic rings. The number of aliphatic hydroxyl groups is 1. The molecule has 0 aliphatic heterocycles. The average Bonchev–Trinajstić information content (AvgIpc) is 2.28. The van der Waals surface area contributed by atoms with Crippen LogP contribution in [0.25, 0.3) is 0 Å². The van der Waals surface area contributed by atoms with Gasteiger partial charge in [0.2, 0.25) is 0 Å². The highest BCUT2D eigenvalue weighted by atomic mass is 19.1. The van der Waals surface area contributed by atoms with Crippen molar-refractivity contribution in [3.8, 4) is 0 Å². The number of hydrogen-bond donors (Lipinski definition) is 2. The number of anilines is 1. The molecule has 1 aromatic carbocycles. The number of halogens is 2. The minimum absolute atomic E-state index is 0.0519. The fraction of sp³-hybridized carbons (Fsp3) is 0.500. The van der Waals surface area contributed by atoms with Crippen molar-refractivity contribution in [2.75, 3.05) is 18.5 Å². The summed E-state index contributed by atoms with van der Waals surface area (Å²) in [5.74, 6) is -1.09. The molecule has 0 unspecified atom stereocenters. The molecule has 0 radical (unpaired) electrons. The zero-order chi connectivity index (χ0) is 12.0. The lowest BCUT2D eigenvalue weighted by Crippen LogP contribution is -2.06. The van der Waals surface area contributed by atoms with E-state index in [1.54, 1.807) is 6.92 Å². The summed E-state index contributed by atoms with van der Waals surface area (Å²) in [5, 5.41) is 11.3. The van der Waals surface area contributed by atoms with E-state index in [1.165, 1.54) is 12.1 Å². The molecule has 0 atom stereocenters. The Kier molecular flexibility index (Phi) is 5.19. The van der Waals surface area contributed by atoms with E-state index in [2.05, 4.69) is 5.32 Å². The van der Waals surface area contributed by atoms with Crippen molar-refractivity contribution in [1.82, 2.24) is 0 Å². The summed E-state index contributed by atoms with van der Waals surface area (Å²) in [5.41, 5.74) is 0.378. The minimum Gasteiger partial charge on any atom is -0.396 e. The van der Waals surface area contributed by atoms with Crippen LogP contribution in [0.2, 0.25) is 0 Å². The molecule has 0 amide bonds. The Labute approximate surface area is 94.3 Å². The normalized spacial score (nSPS) is 10.5. The maximum Gasteiger partial charge on any atom is 0.152 e. The SMILES string of the molecule is Cc1ccc(F)c(NCCCCCO)c1F. The highest BCUT2D eigenvalue weighted by molar-refractivity contribution is 5.48. The molecule has 4 heteroatoms. The summed E-state index contributed by atoms with van der Waals surface area (Å²) >= 11 is 0. The first kappa shape index (κ1) is 12.9. The lowest BCUT2D eigenvalue weighted by atomic mass is 10.2. The van der Waals surface area contributed by atoms with Crippen LogP contribution in [0.5, 0.6) is 0 Å². The average molecular weight is 229 g/mol. The van der Waals surface area contributed by atoms with E-state index in [4.69, 9.17) is 5.11 Å². The number of aryl methyl sites for hydroxylation is 1. The molecule has 90 valence electrons. The van der Waals surface area contributed by atoms with Crippen LogP contribution in [0.1, 0.15) is 24.8 Å². The van der Waals surface area contributed by atoms with Gasteiger partial charge in [-0.3, -0.25) is 0 Å². The Bertz CT molecular complexity index is 342. The molecule has 2 nitrogen and oxygen atoms in total. The van der Waals surface area contributed by atoms with Crippen LogP contribution in [0.15, 0.2) is 12.1 Å². The Balaban J connectivity index is 2.50. The highest BCUT2D eigenvalue weighted by Crippen LogP contribution is 2.21. The van der Waals surface area contributed by atoms with Crippen LogP contribution in [0.4, 0.5) is 14.5 Å². The van der Waals surface area contributed by atoms with E-state index in [0.29, 0.717) is 12.1 Å². The number of unbranched alkanes of at least 4 members (excludes halogenated alkanes) is 2. The molecule has 0 bridgehead atoms. The molecule has 0 heterocycles. The smallest absolute Gasteiger partial charge is 0.152 e. The van der Waals surface area contributed by atoms with Gasteiger partial charge in [-0.15, -0.1) is 0 Å². The van der Waals surface area contributed by atoms with Gasteiger partial charge in [0.1, 0.15) is 11.5 Å². The quantitative estimate of drug-likeness (QED) is 0.735. The fourth-order valence-electron chi connectivity index (χ4n) is 1.45. The Morgan fingerprint density at radius 2 is 1.94 bits per heavy atom. The zero-order valence-electron chi connectivity index (χ0n) is 9.39. The summed E-state index contributed by atoms with van der Waals surface area (Å²) in [6, 6.07) is 2.68. The zero-order valence-corrected chi connectivity index (χ0v) is 9.39. The van der Waals surface area contributed by atoms with Gasteiger partial charge in [-0.2, -0.15) is 0 Å². The van der Waals surface area contributed by atoms with Gasteiger partial charge >= 0.3 is 0 Å². The lowest BCUT2D eigenvalue weighted by Gasteiger charge is -2.09. The van der Waals surface area contributed by atoms with Gasteiger partial charge in [-0.25, -0.2) is 8.78 Å². The fourth-order valence-corrected chi connectivity index (χ4v) is 1.45. The summed E-state index contributed by atoms with van der Waals surface area (Å²) in [4.78, 5) is 0. The van der Waals surface area contributed by atoms with E-state index in [1.807, 2.05) is 0 Å². The topological polar surface area (TPSA) is 32.3 Å². The third-order valence-electron chi connectivity index (χ3n) is 2.42.